The van der Waals surface area contributed by atoms with Crippen molar-refractivity contribution in [3.63, 3.8) is 0 Å². The van der Waals surface area contributed by atoms with Crippen molar-refractivity contribution in [2.75, 3.05) is 6.54 Å². The van der Waals surface area contributed by atoms with Crippen molar-refractivity contribution in [3.8, 4) is 0 Å². The molecule has 0 radical (unpaired) electrons. The molecule has 1 aromatic rings. The molecule has 1 atom stereocenters. The molecule has 0 saturated heterocycles. The standard InChI is InChI=1S/C9H15NOS/c1-2-9(11,7-10)5-8-3-4-12-6-8/h3-4,6,11H,2,5,7,10H2,1H3. The van der Waals surface area contributed by atoms with Crippen molar-refractivity contribution >= 4 is 11.3 Å². The fourth-order valence-electron chi connectivity index (χ4n) is 1.11. The van der Waals surface area contributed by atoms with Crippen LogP contribution in [-0.2, 0) is 6.42 Å². The van der Waals surface area contributed by atoms with E-state index in [0.717, 1.165) is 0 Å². The first-order valence-electron chi connectivity index (χ1n) is 4.14. The Morgan fingerprint density at radius 2 is 2.42 bits per heavy atom. The van der Waals surface area contributed by atoms with Gasteiger partial charge in [0.1, 0.15) is 0 Å². The summed E-state index contributed by atoms with van der Waals surface area (Å²) >= 11 is 1.65. The van der Waals surface area contributed by atoms with Gasteiger partial charge in [0.25, 0.3) is 0 Å². The molecule has 1 heterocycles. The maximum absolute atomic E-state index is 9.88. The summed E-state index contributed by atoms with van der Waals surface area (Å²) in [5, 5.41) is 13.9. The third kappa shape index (κ3) is 2.30. The largest absolute Gasteiger partial charge is 0.388 e. The highest BCUT2D eigenvalue weighted by Gasteiger charge is 2.22. The molecular weight excluding hydrogens is 170 g/mol. The summed E-state index contributed by atoms with van der Waals surface area (Å²) in [7, 11) is 0. The van der Waals surface area contributed by atoms with Gasteiger partial charge < -0.3 is 10.8 Å². The van der Waals surface area contributed by atoms with E-state index in [0.29, 0.717) is 19.4 Å². The van der Waals surface area contributed by atoms with E-state index in [1.807, 2.05) is 18.4 Å². The van der Waals surface area contributed by atoms with E-state index < -0.39 is 5.60 Å². The van der Waals surface area contributed by atoms with Gasteiger partial charge in [0.2, 0.25) is 0 Å². The lowest BCUT2D eigenvalue weighted by Gasteiger charge is -2.24. The summed E-state index contributed by atoms with van der Waals surface area (Å²) in [6.45, 7) is 2.29. The maximum Gasteiger partial charge on any atom is 0.0807 e. The summed E-state index contributed by atoms with van der Waals surface area (Å²) < 4.78 is 0. The van der Waals surface area contributed by atoms with Gasteiger partial charge in [-0.3, -0.25) is 0 Å². The average Bonchev–Trinajstić information content (AvgIpc) is 2.57. The van der Waals surface area contributed by atoms with Crippen LogP contribution >= 0.6 is 11.3 Å². The Bertz CT molecular complexity index is 216. The molecule has 68 valence electrons. The lowest BCUT2D eigenvalue weighted by molar-refractivity contribution is 0.0457. The molecular formula is C9H15NOS. The molecule has 0 spiro atoms. The fraction of sp³-hybridized carbons (Fsp3) is 0.556. The third-order valence-electron chi connectivity index (χ3n) is 2.15. The van der Waals surface area contributed by atoms with Gasteiger partial charge in [0.15, 0.2) is 0 Å². The predicted octanol–water partition coefficient (Wildman–Crippen LogP) is 1.39. The summed E-state index contributed by atoms with van der Waals surface area (Å²) in [5.74, 6) is 0. The Morgan fingerprint density at radius 3 is 2.83 bits per heavy atom. The predicted molar refractivity (Wildman–Crippen MR) is 52.3 cm³/mol. The quantitative estimate of drug-likeness (QED) is 0.744. The molecule has 0 aliphatic carbocycles. The second kappa shape index (κ2) is 4.03. The van der Waals surface area contributed by atoms with Gasteiger partial charge in [0, 0.05) is 13.0 Å². The smallest absolute Gasteiger partial charge is 0.0807 e. The fourth-order valence-corrected chi connectivity index (χ4v) is 1.78. The number of nitrogens with two attached hydrogens (primary N) is 1. The van der Waals surface area contributed by atoms with Gasteiger partial charge in [-0.1, -0.05) is 6.92 Å². The van der Waals surface area contributed by atoms with Crippen LogP contribution in [-0.4, -0.2) is 17.3 Å². The highest BCUT2D eigenvalue weighted by molar-refractivity contribution is 7.07. The van der Waals surface area contributed by atoms with Crippen molar-refractivity contribution in [2.24, 2.45) is 5.73 Å². The maximum atomic E-state index is 9.88. The van der Waals surface area contributed by atoms with E-state index >= 15 is 0 Å². The Kier molecular flexibility index (Phi) is 3.26. The molecule has 1 rings (SSSR count). The van der Waals surface area contributed by atoms with E-state index in [-0.39, 0.29) is 0 Å². The van der Waals surface area contributed by atoms with Crippen LogP contribution in [0.25, 0.3) is 0 Å². The molecule has 0 bridgehead atoms. The van der Waals surface area contributed by atoms with E-state index in [1.54, 1.807) is 11.3 Å². The topological polar surface area (TPSA) is 46.2 Å². The number of thiophene rings is 1. The highest BCUT2D eigenvalue weighted by atomic mass is 32.1. The minimum Gasteiger partial charge on any atom is -0.388 e. The van der Waals surface area contributed by atoms with Crippen molar-refractivity contribution in [1.29, 1.82) is 0 Å². The lowest BCUT2D eigenvalue weighted by Crippen LogP contribution is -2.39. The van der Waals surface area contributed by atoms with Gasteiger partial charge in [-0.2, -0.15) is 11.3 Å². The summed E-state index contributed by atoms with van der Waals surface area (Å²) in [4.78, 5) is 0. The second-order valence-corrected chi connectivity index (χ2v) is 3.87. The molecule has 0 fully saturated rings. The van der Waals surface area contributed by atoms with Crippen molar-refractivity contribution in [1.82, 2.24) is 0 Å². The minimum absolute atomic E-state index is 0.333. The molecule has 0 aliphatic heterocycles. The first-order valence-corrected chi connectivity index (χ1v) is 5.08. The van der Waals surface area contributed by atoms with Crippen molar-refractivity contribution < 1.29 is 5.11 Å². The number of rotatable bonds is 4. The van der Waals surface area contributed by atoms with Gasteiger partial charge in [-0.05, 0) is 28.8 Å². The zero-order valence-corrected chi connectivity index (χ0v) is 8.10. The molecule has 1 unspecified atom stereocenters. The summed E-state index contributed by atoms with van der Waals surface area (Å²) in [5.41, 5.74) is 5.96. The molecule has 0 aromatic carbocycles. The SMILES string of the molecule is CCC(O)(CN)Cc1ccsc1. The van der Waals surface area contributed by atoms with Crippen LogP contribution in [0.3, 0.4) is 0 Å². The highest BCUT2D eigenvalue weighted by Crippen LogP contribution is 2.17. The van der Waals surface area contributed by atoms with Crippen LogP contribution < -0.4 is 5.73 Å². The average molecular weight is 185 g/mol. The Labute approximate surface area is 77.0 Å². The first-order chi connectivity index (χ1) is 5.70. The molecule has 12 heavy (non-hydrogen) atoms. The van der Waals surface area contributed by atoms with Crippen LogP contribution in [0.15, 0.2) is 16.8 Å². The molecule has 0 saturated carbocycles. The lowest BCUT2D eigenvalue weighted by atomic mass is 9.93. The molecule has 3 N–H and O–H groups in total. The van der Waals surface area contributed by atoms with E-state index in [4.69, 9.17) is 5.73 Å². The second-order valence-electron chi connectivity index (χ2n) is 3.09. The Balaban J connectivity index is 2.60. The third-order valence-corrected chi connectivity index (χ3v) is 2.88. The molecule has 3 heteroatoms. The van der Waals surface area contributed by atoms with E-state index in [2.05, 4.69) is 5.38 Å². The Morgan fingerprint density at radius 1 is 1.67 bits per heavy atom. The number of hydrogen-bond acceptors (Lipinski definition) is 3. The number of hydrogen-bond donors (Lipinski definition) is 2. The molecule has 1 aromatic heterocycles. The zero-order valence-electron chi connectivity index (χ0n) is 7.29. The van der Waals surface area contributed by atoms with E-state index in [1.165, 1.54) is 5.56 Å². The summed E-state index contributed by atoms with van der Waals surface area (Å²) in [6, 6.07) is 2.03. The van der Waals surface area contributed by atoms with Crippen LogP contribution in [0.1, 0.15) is 18.9 Å². The monoisotopic (exact) mass is 185 g/mol. The van der Waals surface area contributed by atoms with Gasteiger partial charge in [-0.25, -0.2) is 0 Å². The van der Waals surface area contributed by atoms with Crippen molar-refractivity contribution in [3.05, 3.63) is 22.4 Å². The first kappa shape index (κ1) is 9.71. The normalized spacial score (nSPS) is 15.9. The summed E-state index contributed by atoms with van der Waals surface area (Å²) in [6.07, 6.45) is 1.38. The van der Waals surface area contributed by atoms with Gasteiger partial charge >= 0.3 is 0 Å². The number of aliphatic hydroxyl groups is 1. The molecule has 0 amide bonds. The van der Waals surface area contributed by atoms with Crippen LogP contribution in [0.4, 0.5) is 0 Å². The van der Waals surface area contributed by atoms with Crippen molar-refractivity contribution in [2.45, 2.75) is 25.4 Å². The Hall–Kier alpha value is -0.380. The van der Waals surface area contributed by atoms with Crippen LogP contribution in [0.2, 0.25) is 0 Å². The van der Waals surface area contributed by atoms with Gasteiger partial charge in [0.05, 0.1) is 5.60 Å². The molecule has 0 aliphatic rings. The van der Waals surface area contributed by atoms with Crippen LogP contribution in [0.5, 0.6) is 0 Å². The van der Waals surface area contributed by atoms with Crippen LogP contribution in [0, 0.1) is 0 Å². The van der Waals surface area contributed by atoms with Gasteiger partial charge in [-0.15, -0.1) is 0 Å². The van der Waals surface area contributed by atoms with E-state index in [9.17, 15) is 5.11 Å². The zero-order chi connectivity index (χ0) is 9.03. The molecule has 2 nitrogen and oxygen atoms in total. The minimum atomic E-state index is -0.707.